The number of carbonyl (C=O) groups is 3. The van der Waals surface area contributed by atoms with Crippen molar-refractivity contribution < 1.29 is 14.4 Å². The van der Waals surface area contributed by atoms with Gasteiger partial charge in [-0.2, -0.15) is 0 Å². The van der Waals surface area contributed by atoms with Crippen LogP contribution in [-0.2, 0) is 40.1 Å². The molecule has 0 bridgehead atoms. The van der Waals surface area contributed by atoms with E-state index in [4.69, 9.17) is 11.5 Å². The highest BCUT2D eigenvalue weighted by molar-refractivity contribution is 7.15. The number of allylic oxidation sites excluding steroid dienone is 3. The number of nitrogens with one attached hydrogen (secondary N) is 3. The third-order valence-electron chi connectivity index (χ3n) is 5.85. The van der Waals surface area contributed by atoms with Gasteiger partial charge in [-0.15, -0.1) is 10.2 Å². The van der Waals surface area contributed by atoms with Gasteiger partial charge in [-0.3, -0.25) is 9.59 Å². The van der Waals surface area contributed by atoms with E-state index >= 15 is 0 Å². The van der Waals surface area contributed by atoms with E-state index in [9.17, 15) is 14.4 Å². The molecule has 0 saturated carbocycles. The molecule has 0 aliphatic heterocycles. The van der Waals surface area contributed by atoms with E-state index < -0.39 is 0 Å². The van der Waals surface area contributed by atoms with Crippen LogP contribution in [0.1, 0.15) is 47.9 Å². The van der Waals surface area contributed by atoms with E-state index in [0.717, 1.165) is 70.9 Å². The molecule has 7 N–H and O–H groups in total. The van der Waals surface area contributed by atoms with Crippen LogP contribution < -0.4 is 27.4 Å². The summed E-state index contributed by atoms with van der Waals surface area (Å²) in [5, 5.41) is 18.4. The summed E-state index contributed by atoms with van der Waals surface area (Å²) in [4.78, 5) is 32.9. The first-order chi connectivity index (χ1) is 20.3. The molecule has 1 aromatic heterocycles. The summed E-state index contributed by atoms with van der Waals surface area (Å²) >= 11 is 1.57. The minimum atomic E-state index is -0.153. The van der Waals surface area contributed by atoms with Gasteiger partial charge in [-0.1, -0.05) is 65.9 Å². The summed E-state index contributed by atoms with van der Waals surface area (Å²) in [6, 6.07) is 17.4. The van der Waals surface area contributed by atoms with Crippen LogP contribution in [0.5, 0.6) is 0 Å². The van der Waals surface area contributed by atoms with Gasteiger partial charge in [0, 0.05) is 39.1 Å². The van der Waals surface area contributed by atoms with Crippen LogP contribution in [-0.4, -0.2) is 41.9 Å². The van der Waals surface area contributed by atoms with Crippen molar-refractivity contribution in [1.29, 1.82) is 0 Å². The van der Waals surface area contributed by atoms with Crippen molar-refractivity contribution in [2.24, 2.45) is 11.5 Å². The number of rotatable bonds is 15. The number of benzene rings is 2. The van der Waals surface area contributed by atoms with Gasteiger partial charge in [0.1, 0.15) is 17.1 Å². The Morgan fingerprint density at radius 1 is 0.929 bits per heavy atom. The molecular formula is C31H41N7O3S. The summed E-state index contributed by atoms with van der Waals surface area (Å²) in [7, 11) is 1.83. The van der Waals surface area contributed by atoms with Crippen molar-refractivity contribution in [2.45, 2.75) is 51.9 Å². The molecule has 0 spiro atoms. The van der Waals surface area contributed by atoms with E-state index in [1.165, 1.54) is 6.92 Å². The predicted octanol–water partition coefficient (Wildman–Crippen LogP) is 3.40. The lowest BCUT2D eigenvalue weighted by Gasteiger charge is -2.05. The highest BCUT2D eigenvalue weighted by Gasteiger charge is 2.04. The maximum atomic E-state index is 11.9. The Balaban J connectivity index is 0.000000347. The molecule has 10 nitrogen and oxygen atoms in total. The van der Waals surface area contributed by atoms with E-state index in [1.807, 2.05) is 61.6 Å². The highest BCUT2D eigenvalue weighted by atomic mass is 32.1. The molecule has 3 rings (SSSR count). The summed E-state index contributed by atoms with van der Waals surface area (Å²) in [5.41, 5.74) is 15.7. The van der Waals surface area contributed by atoms with Crippen LogP contribution in [0.15, 0.2) is 78.3 Å². The molecule has 2 aromatic carbocycles. The first kappa shape index (κ1) is 33.7. The van der Waals surface area contributed by atoms with Crippen molar-refractivity contribution in [3.05, 3.63) is 100.0 Å². The molecule has 2 amide bonds. The van der Waals surface area contributed by atoms with Crippen molar-refractivity contribution in [3.8, 4) is 0 Å². The number of aromatic nitrogens is 2. The van der Waals surface area contributed by atoms with Gasteiger partial charge >= 0.3 is 0 Å². The lowest BCUT2D eigenvalue weighted by atomic mass is 10.1. The number of carbonyl (C=O) groups excluding carboxylic acids is 3. The lowest BCUT2D eigenvalue weighted by molar-refractivity contribution is -0.120. The lowest BCUT2D eigenvalue weighted by Crippen LogP contribution is -2.28. The van der Waals surface area contributed by atoms with Crippen LogP contribution >= 0.6 is 11.3 Å². The summed E-state index contributed by atoms with van der Waals surface area (Å²) in [6.45, 7) is 2.14. The largest absolute Gasteiger partial charge is 0.402 e. The quantitative estimate of drug-likeness (QED) is 0.102. The topological polar surface area (TPSA) is 165 Å². The summed E-state index contributed by atoms with van der Waals surface area (Å²) in [6.07, 6.45) is 9.39. The van der Waals surface area contributed by atoms with E-state index in [1.54, 1.807) is 23.5 Å². The smallest absolute Gasteiger partial charge is 0.229 e. The Morgan fingerprint density at radius 2 is 1.67 bits per heavy atom. The van der Waals surface area contributed by atoms with E-state index in [2.05, 4.69) is 26.1 Å². The fourth-order valence-electron chi connectivity index (χ4n) is 3.76. The van der Waals surface area contributed by atoms with E-state index in [0.29, 0.717) is 13.0 Å². The third kappa shape index (κ3) is 14.8. The Bertz CT molecular complexity index is 1320. The van der Waals surface area contributed by atoms with Crippen LogP contribution in [0.25, 0.3) is 0 Å². The number of hydrogen-bond acceptors (Lipinski definition) is 9. The Kier molecular flexibility index (Phi) is 15.7. The minimum absolute atomic E-state index is 0.0148. The van der Waals surface area contributed by atoms with Gasteiger partial charge in [0.2, 0.25) is 16.9 Å². The number of nitrogens with zero attached hydrogens (tertiary/aromatic N) is 2. The number of aryl methyl sites for hydroxylation is 1. The Hall–Kier alpha value is -4.51. The Labute approximate surface area is 251 Å². The van der Waals surface area contributed by atoms with Gasteiger partial charge in [0.15, 0.2) is 0 Å². The summed E-state index contributed by atoms with van der Waals surface area (Å²) < 4.78 is 0. The molecule has 0 saturated heterocycles. The second-order valence-corrected chi connectivity index (χ2v) is 10.5. The monoisotopic (exact) mass is 591 g/mol. The maximum absolute atomic E-state index is 11.9. The van der Waals surface area contributed by atoms with Gasteiger partial charge in [-0.25, -0.2) is 0 Å². The maximum Gasteiger partial charge on any atom is 0.229 e. The average Bonchev–Trinajstić information content (AvgIpc) is 3.43. The van der Waals surface area contributed by atoms with E-state index in [-0.39, 0.29) is 24.1 Å². The van der Waals surface area contributed by atoms with Gasteiger partial charge in [0.05, 0.1) is 6.42 Å². The molecule has 0 aliphatic carbocycles. The third-order valence-corrected chi connectivity index (χ3v) is 6.85. The molecular weight excluding hydrogens is 550 g/mol. The predicted molar refractivity (Wildman–Crippen MR) is 168 cm³/mol. The fraction of sp³-hybridized carbons (Fsp3) is 0.323. The molecule has 11 heteroatoms. The average molecular weight is 592 g/mol. The molecule has 0 aliphatic rings. The van der Waals surface area contributed by atoms with Crippen molar-refractivity contribution >= 4 is 34.6 Å². The van der Waals surface area contributed by atoms with Crippen LogP contribution in [0.3, 0.4) is 0 Å². The second kappa shape index (κ2) is 19.5. The summed E-state index contributed by atoms with van der Waals surface area (Å²) in [5.74, 6) is 0.117. The molecule has 42 heavy (non-hydrogen) atoms. The SMILES string of the molecule is CC(=O)NCCc1cccc(CC=O)c1.CNc1nnc(CCCC/C(N)=C/C=C(\N)NC(=O)Cc2ccccc2)s1. The van der Waals surface area contributed by atoms with Crippen molar-refractivity contribution in [1.82, 2.24) is 20.8 Å². The molecule has 0 radical (unpaired) electrons. The zero-order chi connectivity index (χ0) is 30.6. The molecule has 1 heterocycles. The zero-order valence-electron chi connectivity index (χ0n) is 24.3. The number of hydrogen-bond donors (Lipinski definition) is 5. The molecule has 0 fully saturated rings. The van der Waals surface area contributed by atoms with Crippen LogP contribution in [0, 0.1) is 0 Å². The number of aldehydes is 1. The highest BCUT2D eigenvalue weighted by Crippen LogP contribution is 2.17. The number of nitrogens with two attached hydrogens (primary N) is 2. The Morgan fingerprint density at radius 3 is 2.36 bits per heavy atom. The minimum Gasteiger partial charge on any atom is -0.402 e. The zero-order valence-corrected chi connectivity index (χ0v) is 25.1. The molecule has 0 unspecified atom stereocenters. The normalized spacial score (nSPS) is 11.2. The molecule has 224 valence electrons. The number of amides is 2. The first-order valence-corrected chi connectivity index (χ1v) is 14.6. The van der Waals surface area contributed by atoms with Crippen molar-refractivity contribution in [3.63, 3.8) is 0 Å². The number of unbranched alkanes of at least 4 members (excludes halogenated alkanes) is 1. The van der Waals surface area contributed by atoms with Crippen LogP contribution in [0.4, 0.5) is 5.13 Å². The van der Waals surface area contributed by atoms with Gasteiger partial charge in [0.25, 0.3) is 0 Å². The van der Waals surface area contributed by atoms with Crippen LogP contribution in [0.2, 0.25) is 0 Å². The fourth-order valence-corrected chi connectivity index (χ4v) is 4.50. The molecule has 3 aromatic rings. The van der Waals surface area contributed by atoms with Crippen molar-refractivity contribution in [2.75, 3.05) is 18.9 Å². The molecule has 0 atom stereocenters. The standard InChI is InChI=1S/C19H26N6OS.C12H15NO2/c1-22-19-25-24-18(27-19)10-6-5-9-15(20)11-12-16(21)23-17(26)13-14-7-3-2-4-8-14;1-10(15)13-7-5-11-3-2-4-12(9-11)6-8-14/h2-4,7-8,11-12H,5-6,9-10,13,20-21H2,1H3,(H,22,25)(H,23,26);2-4,8-9H,5-7H2,1H3,(H,13,15)/b15-11-,16-12+;. The second-order valence-electron chi connectivity index (χ2n) is 9.46. The van der Waals surface area contributed by atoms with Gasteiger partial charge < -0.3 is 32.2 Å². The number of anilines is 1. The first-order valence-electron chi connectivity index (χ1n) is 13.8. The van der Waals surface area contributed by atoms with Gasteiger partial charge in [-0.05, 0) is 54.5 Å².